The maximum atomic E-state index is 12.7. The van der Waals surface area contributed by atoms with Crippen LogP contribution < -0.4 is 0 Å². The van der Waals surface area contributed by atoms with Crippen LogP contribution in [0.25, 0.3) is 5.57 Å². The summed E-state index contributed by atoms with van der Waals surface area (Å²) in [4.78, 5) is 26.0. The summed E-state index contributed by atoms with van der Waals surface area (Å²) in [5, 5.41) is 18.8. The molecule has 0 aromatic heterocycles. The van der Waals surface area contributed by atoms with Gasteiger partial charge in [0.05, 0.1) is 11.6 Å². The van der Waals surface area contributed by atoms with Gasteiger partial charge in [0, 0.05) is 13.0 Å². The summed E-state index contributed by atoms with van der Waals surface area (Å²) in [5.74, 6) is -1.36. The van der Waals surface area contributed by atoms with E-state index in [0.29, 0.717) is 17.6 Å². The predicted molar refractivity (Wildman–Crippen MR) is 116 cm³/mol. The molecule has 5 heteroatoms. The van der Waals surface area contributed by atoms with Gasteiger partial charge < -0.3 is 10.0 Å². The van der Waals surface area contributed by atoms with E-state index in [-0.39, 0.29) is 18.4 Å². The molecule has 1 amide bonds. The minimum Gasteiger partial charge on any atom is -0.480 e. The Labute approximate surface area is 173 Å². The Hall–Kier alpha value is -3.13. The number of benzene rings is 1. The van der Waals surface area contributed by atoms with Gasteiger partial charge in [0.2, 0.25) is 5.91 Å². The van der Waals surface area contributed by atoms with Crippen LogP contribution in [0.1, 0.15) is 51.2 Å². The molecule has 154 valence electrons. The lowest BCUT2D eigenvalue weighted by atomic mass is 9.97. The molecule has 1 aromatic carbocycles. The number of rotatable bonds is 11. The molecule has 1 atom stereocenters. The zero-order valence-corrected chi connectivity index (χ0v) is 17.5. The van der Waals surface area contributed by atoms with Crippen LogP contribution in [0.5, 0.6) is 0 Å². The third-order valence-corrected chi connectivity index (χ3v) is 4.65. The number of nitriles is 1. The average Bonchev–Trinajstić information content (AvgIpc) is 2.69. The van der Waals surface area contributed by atoms with Crippen LogP contribution in [-0.4, -0.2) is 27.9 Å². The number of nitrogens with zero attached hydrogens (tertiary/aromatic N) is 2. The molecule has 0 aliphatic heterocycles. The van der Waals surface area contributed by atoms with Crippen molar-refractivity contribution in [2.45, 2.75) is 52.6 Å². The number of carboxylic acids is 1. The fraction of sp³-hybridized carbons (Fsp3) is 0.375. The Morgan fingerprint density at radius 1 is 1.28 bits per heavy atom. The fourth-order valence-corrected chi connectivity index (χ4v) is 3.13. The molecule has 5 nitrogen and oxygen atoms in total. The van der Waals surface area contributed by atoms with Crippen molar-refractivity contribution in [2.75, 3.05) is 0 Å². The van der Waals surface area contributed by atoms with Gasteiger partial charge in [0.25, 0.3) is 0 Å². The van der Waals surface area contributed by atoms with E-state index in [4.69, 9.17) is 5.26 Å². The van der Waals surface area contributed by atoms with Crippen LogP contribution in [0.15, 0.2) is 55.1 Å². The number of carboxylic acid groups (broad SMARTS) is 1. The molecule has 1 rings (SSSR count). The smallest absolute Gasteiger partial charge is 0.326 e. The first-order valence-corrected chi connectivity index (χ1v) is 9.80. The Balaban J connectivity index is 3.19. The van der Waals surface area contributed by atoms with E-state index in [0.717, 1.165) is 24.0 Å². The second kappa shape index (κ2) is 11.7. The first kappa shape index (κ1) is 23.9. The van der Waals surface area contributed by atoms with Crippen LogP contribution in [0.2, 0.25) is 0 Å². The normalized spacial score (nSPS) is 12.2. The Morgan fingerprint density at radius 2 is 1.90 bits per heavy atom. The van der Waals surface area contributed by atoms with Crippen molar-refractivity contribution < 1.29 is 14.7 Å². The maximum Gasteiger partial charge on any atom is 0.326 e. The summed E-state index contributed by atoms with van der Waals surface area (Å²) >= 11 is 0. The zero-order valence-electron chi connectivity index (χ0n) is 17.5. The Bertz CT molecular complexity index is 814. The van der Waals surface area contributed by atoms with Crippen LogP contribution in [-0.2, 0) is 16.1 Å². The van der Waals surface area contributed by atoms with Gasteiger partial charge in [-0.3, -0.25) is 4.79 Å². The summed E-state index contributed by atoms with van der Waals surface area (Å²) in [5.41, 5.74) is 2.64. The molecular weight excluding hydrogens is 364 g/mol. The number of hydrogen-bond donors (Lipinski definition) is 1. The van der Waals surface area contributed by atoms with Crippen molar-refractivity contribution in [3.8, 4) is 6.07 Å². The van der Waals surface area contributed by atoms with Crippen LogP contribution in [0, 0.1) is 17.2 Å². The Kier molecular flexibility index (Phi) is 9.61. The molecule has 0 heterocycles. The topological polar surface area (TPSA) is 81.4 Å². The van der Waals surface area contributed by atoms with Crippen molar-refractivity contribution in [3.63, 3.8) is 0 Å². The van der Waals surface area contributed by atoms with E-state index in [1.165, 1.54) is 4.90 Å². The highest BCUT2D eigenvalue weighted by molar-refractivity contribution is 5.84. The molecule has 0 aliphatic rings. The summed E-state index contributed by atoms with van der Waals surface area (Å²) < 4.78 is 0. The van der Waals surface area contributed by atoms with E-state index in [9.17, 15) is 14.7 Å². The van der Waals surface area contributed by atoms with E-state index in [2.05, 4.69) is 13.2 Å². The van der Waals surface area contributed by atoms with Gasteiger partial charge in [-0.15, -0.1) is 0 Å². The predicted octanol–water partition coefficient (Wildman–Crippen LogP) is 4.96. The molecule has 0 bridgehead atoms. The lowest BCUT2D eigenvalue weighted by Gasteiger charge is -2.32. The van der Waals surface area contributed by atoms with Gasteiger partial charge in [0.1, 0.15) is 6.04 Å². The average molecular weight is 395 g/mol. The van der Waals surface area contributed by atoms with E-state index >= 15 is 0 Å². The summed E-state index contributed by atoms with van der Waals surface area (Å²) in [7, 11) is 0. The summed E-state index contributed by atoms with van der Waals surface area (Å²) in [6, 6.07) is 8.53. The first-order valence-electron chi connectivity index (χ1n) is 9.80. The van der Waals surface area contributed by atoms with Gasteiger partial charge in [-0.05, 0) is 29.0 Å². The summed E-state index contributed by atoms with van der Waals surface area (Å²) in [6.07, 6.45) is 5.25. The van der Waals surface area contributed by atoms with E-state index in [1.807, 2.05) is 51.1 Å². The number of amides is 1. The zero-order chi connectivity index (χ0) is 22.0. The number of hydrogen-bond acceptors (Lipinski definition) is 3. The largest absolute Gasteiger partial charge is 0.480 e. The SMILES string of the molecule is C=C/C=C(\C(=C)C#N)c1ccc(CN(C(=O)CCCC)C(C(=O)O)C(C)C)cc1. The molecule has 1 aromatic rings. The molecule has 0 radical (unpaired) electrons. The lowest BCUT2D eigenvalue weighted by molar-refractivity contribution is -0.153. The highest BCUT2D eigenvalue weighted by Crippen LogP contribution is 2.24. The fourth-order valence-electron chi connectivity index (χ4n) is 3.13. The second-order valence-electron chi connectivity index (χ2n) is 7.26. The van der Waals surface area contributed by atoms with Gasteiger partial charge in [-0.25, -0.2) is 4.79 Å². The first-order chi connectivity index (χ1) is 13.8. The number of aliphatic carboxylic acids is 1. The van der Waals surface area contributed by atoms with Crippen LogP contribution in [0.4, 0.5) is 0 Å². The molecule has 0 saturated heterocycles. The molecule has 1 unspecified atom stereocenters. The van der Waals surface area contributed by atoms with E-state index in [1.54, 1.807) is 12.2 Å². The summed E-state index contributed by atoms with van der Waals surface area (Å²) in [6.45, 7) is 13.3. The minimum absolute atomic E-state index is 0.151. The highest BCUT2D eigenvalue weighted by atomic mass is 16.4. The highest BCUT2D eigenvalue weighted by Gasteiger charge is 2.32. The van der Waals surface area contributed by atoms with Crippen LogP contribution >= 0.6 is 0 Å². The van der Waals surface area contributed by atoms with Crippen molar-refractivity contribution >= 4 is 17.4 Å². The molecule has 0 spiro atoms. The number of unbranched alkanes of at least 4 members (excludes halogenated alkanes) is 1. The monoisotopic (exact) mass is 394 g/mol. The quantitative estimate of drug-likeness (QED) is 0.425. The molecule has 29 heavy (non-hydrogen) atoms. The molecule has 0 aliphatic carbocycles. The van der Waals surface area contributed by atoms with Crippen molar-refractivity contribution in [3.05, 3.63) is 66.3 Å². The van der Waals surface area contributed by atoms with Crippen LogP contribution in [0.3, 0.4) is 0 Å². The third kappa shape index (κ3) is 6.76. The number of allylic oxidation sites excluding steroid dienone is 4. The van der Waals surface area contributed by atoms with Gasteiger partial charge in [-0.2, -0.15) is 5.26 Å². The maximum absolute atomic E-state index is 12.7. The molecule has 0 fully saturated rings. The van der Waals surface area contributed by atoms with Crippen molar-refractivity contribution in [1.29, 1.82) is 5.26 Å². The minimum atomic E-state index is -0.997. The molecule has 0 saturated carbocycles. The van der Waals surface area contributed by atoms with Crippen molar-refractivity contribution in [1.82, 2.24) is 4.90 Å². The molecular formula is C24H30N2O3. The third-order valence-electron chi connectivity index (χ3n) is 4.65. The molecule has 1 N–H and O–H groups in total. The Morgan fingerprint density at radius 3 is 2.34 bits per heavy atom. The van der Waals surface area contributed by atoms with E-state index < -0.39 is 12.0 Å². The van der Waals surface area contributed by atoms with Gasteiger partial charge in [-0.1, -0.05) is 76.8 Å². The van der Waals surface area contributed by atoms with Gasteiger partial charge in [0.15, 0.2) is 0 Å². The van der Waals surface area contributed by atoms with Crippen molar-refractivity contribution in [2.24, 2.45) is 5.92 Å². The lowest BCUT2D eigenvalue weighted by Crippen LogP contribution is -2.47. The van der Waals surface area contributed by atoms with Gasteiger partial charge >= 0.3 is 5.97 Å². The number of carbonyl (C=O) groups excluding carboxylic acids is 1. The number of carbonyl (C=O) groups is 2. The second-order valence-corrected chi connectivity index (χ2v) is 7.26. The standard InChI is InChI=1S/C24H30N2O3/c1-6-8-10-22(27)26(23(17(3)4)24(28)29)16-19-11-13-20(14-12-19)21(9-7-2)18(5)15-25/h7,9,11-14,17,23H,2,5-6,8,10,16H2,1,3-4H3,(H,28,29)/b21-9+.